The Labute approximate surface area is 113 Å². The van der Waals surface area contributed by atoms with Gasteiger partial charge in [0.25, 0.3) is 0 Å². The van der Waals surface area contributed by atoms with Gasteiger partial charge >= 0.3 is 0 Å². The molecule has 3 heteroatoms. The normalized spacial score (nSPS) is 17.2. The maximum absolute atomic E-state index is 11.8. The fourth-order valence-electron chi connectivity index (χ4n) is 1.81. The number of hydrogen-bond acceptors (Lipinski definition) is 1. The van der Waals surface area contributed by atoms with Crippen LogP contribution in [0.3, 0.4) is 0 Å². The first kappa shape index (κ1) is 12.3. The van der Waals surface area contributed by atoms with Crippen LogP contribution in [0.2, 0.25) is 0 Å². The zero-order valence-electron chi connectivity index (χ0n) is 9.17. The SMILES string of the molecule is Cc1cc(Br)ccc1CC(Br)C(=O)C1CC1. The third kappa shape index (κ3) is 2.95. The summed E-state index contributed by atoms with van der Waals surface area (Å²) in [6.45, 7) is 2.08. The van der Waals surface area contributed by atoms with Crippen LogP contribution >= 0.6 is 31.9 Å². The summed E-state index contributed by atoms with van der Waals surface area (Å²) >= 11 is 6.96. The zero-order valence-corrected chi connectivity index (χ0v) is 12.3. The topological polar surface area (TPSA) is 17.1 Å². The number of carbonyl (C=O) groups is 1. The molecular formula is C13H14Br2O. The smallest absolute Gasteiger partial charge is 0.149 e. The standard InChI is InChI=1S/C13H14Br2O/c1-8-6-11(14)5-4-10(8)7-12(15)13(16)9-2-3-9/h4-6,9,12H,2-3,7H2,1H3. The summed E-state index contributed by atoms with van der Waals surface area (Å²) in [4.78, 5) is 11.8. The van der Waals surface area contributed by atoms with Crippen molar-refractivity contribution in [3.63, 3.8) is 0 Å². The summed E-state index contributed by atoms with van der Waals surface area (Å²) in [6.07, 6.45) is 2.97. The Morgan fingerprint density at radius 1 is 1.50 bits per heavy atom. The van der Waals surface area contributed by atoms with Crippen LogP contribution in [0.4, 0.5) is 0 Å². The highest BCUT2D eigenvalue weighted by atomic mass is 79.9. The van der Waals surface area contributed by atoms with Gasteiger partial charge in [0, 0.05) is 10.4 Å². The first-order chi connectivity index (χ1) is 7.58. The highest BCUT2D eigenvalue weighted by Crippen LogP contribution is 2.33. The van der Waals surface area contributed by atoms with Gasteiger partial charge in [0.15, 0.2) is 0 Å². The lowest BCUT2D eigenvalue weighted by molar-refractivity contribution is -0.119. The van der Waals surface area contributed by atoms with Crippen molar-refractivity contribution in [1.82, 2.24) is 0 Å². The Kier molecular flexibility index (Phi) is 3.85. The van der Waals surface area contributed by atoms with Crippen molar-refractivity contribution in [3.8, 4) is 0 Å². The third-order valence-corrected chi connectivity index (χ3v) is 4.26. The van der Waals surface area contributed by atoms with Gasteiger partial charge in [-0.15, -0.1) is 0 Å². The van der Waals surface area contributed by atoms with E-state index in [2.05, 4.69) is 50.9 Å². The number of halogens is 2. The largest absolute Gasteiger partial charge is 0.298 e. The minimum Gasteiger partial charge on any atom is -0.298 e. The number of aryl methyl sites for hydroxylation is 1. The summed E-state index contributed by atoms with van der Waals surface area (Å²) in [5.74, 6) is 0.711. The van der Waals surface area contributed by atoms with Gasteiger partial charge in [-0.05, 0) is 49.4 Å². The summed E-state index contributed by atoms with van der Waals surface area (Å²) in [6, 6.07) is 6.22. The predicted octanol–water partition coefficient (Wildman–Crippen LogP) is 4.04. The molecule has 1 aliphatic carbocycles. The van der Waals surface area contributed by atoms with E-state index in [4.69, 9.17) is 0 Å². The first-order valence-electron chi connectivity index (χ1n) is 5.51. The number of benzene rings is 1. The molecule has 1 aromatic carbocycles. The van der Waals surface area contributed by atoms with Crippen LogP contribution in [0.1, 0.15) is 24.0 Å². The van der Waals surface area contributed by atoms with E-state index in [9.17, 15) is 4.79 Å². The van der Waals surface area contributed by atoms with Crippen LogP contribution in [0.25, 0.3) is 0 Å². The molecule has 0 radical (unpaired) electrons. The fraction of sp³-hybridized carbons (Fsp3) is 0.462. The first-order valence-corrected chi connectivity index (χ1v) is 7.21. The zero-order chi connectivity index (χ0) is 11.7. The Morgan fingerprint density at radius 3 is 2.75 bits per heavy atom. The molecule has 0 aliphatic heterocycles. The van der Waals surface area contributed by atoms with E-state index < -0.39 is 0 Å². The number of ketones is 1. The lowest BCUT2D eigenvalue weighted by Gasteiger charge is -2.11. The summed E-state index contributed by atoms with van der Waals surface area (Å²) < 4.78 is 1.09. The minimum atomic E-state index is -0.0140. The molecule has 0 heterocycles. The molecular weight excluding hydrogens is 332 g/mol. The second-order valence-electron chi connectivity index (χ2n) is 4.42. The molecule has 1 aliphatic rings. The van der Waals surface area contributed by atoms with Crippen molar-refractivity contribution < 1.29 is 4.79 Å². The Morgan fingerprint density at radius 2 is 2.19 bits per heavy atom. The van der Waals surface area contributed by atoms with Crippen molar-refractivity contribution in [2.24, 2.45) is 5.92 Å². The maximum Gasteiger partial charge on any atom is 0.149 e. The van der Waals surface area contributed by atoms with Crippen LogP contribution in [0, 0.1) is 12.8 Å². The van der Waals surface area contributed by atoms with Gasteiger partial charge in [-0.3, -0.25) is 4.79 Å². The highest BCUT2D eigenvalue weighted by Gasteiger charge is 2.33. The summed E-state index contributed by atoms with van der Waals surface area (Å²) in [7, 11) is 0. The Balaban J connectivity index is 2.05. The van der Waals surface area contributed by atoms with Crippen molar-refractivity contribution in [2.45, 2.75) is 31.0 Å². The molecule has 16 heavy (non-hydrogen) atoms. The van der Waals surface area contributed by atoms with Gasteiger partial charge in [-0.1, -0.05) is 37.9 Å². The molecule has 0 amide bonds. The van der Waals surface area contributed by atoms with Gasteiger partial charge in [0.1, 0.15) is 5.78 Å². The fourth-order valence-corrected chi connectivity index (χ4v) is 3.00. The molecule has 0 bridgehead atoms. The average Bonchev–Trinajstić information content (AvgIpc) is 3.04. The molecule has 1 atom stereocenters. The maximum atomic E-state index is 11.8. The van der Waals surface area contributed by atoms with Crippen LogP contribution in [-0.2, 0) is 11.2 Å². The molecule has 0 N–H and O–H groups in total. The van der Waals surface area contributed by atoms with Crippen LogP contribution < -0.4 is 0 Å². The molecule has 1 aromatic rings. The third-order valence-electron chi connectivity index (χ3n) is 2.99. The van der Waals surface area contributed by atoms with Crippen molar-refractivity contribution in [2.75, 3.05) is 0 Å². The lowest BCUT2D eigenvalue weighted by Crippen LogP contribution is -2.18. The number of rotatable bonds is 4. The Hall–Kier alpha value is -0.150. The Bertz CT molecular complexity index is 410. The number of alkyl halides is 1. The molecule has 2 rings (SSSR count). The quantitative estimate of drug-likeness (QED) is 0.752. The number of Topliss-reactive ketones (excluding diaryl/α,β-unsaturated/α-hetero) is 1. The van der Waals surface area contributed by atoms with Gasteiger partial charge < -0.3 is 0 Å². The second-order valence-corrected chi connectivity index (χ2v) is 6.44. The number of hydrogen-bond donors (Lipinski definition) is 0. The van der Waals surface area contributed by atoms with Crippen LogP contribution in [0.15, 0.2) is 22.7 Å². The van der Waals surface area contributed by atoms with Gasteiger partial charge in [0.2, 0.25) is 0 Å². The van der Waals surface area contributed by atoms with Crippen molar-refractivity contribution in [1.29, 1.82) is 0 Å². The van der Waals surface area contributed by atoms with Crippen molar-refractivity contribution >= 4 is 37.6 Å². The van der Waals surface area contributed by atoms with E-state index in [0.29, 0.717) is 11.7 Å². The van der Waals surface area contributed by atoms with E-state index in [1.807, 2.05) is 6.07 Å². The van der Waals surface area contributed by atoms with Gasteiger partial charge in [-0.2, -0.15) is 0 Å². The molecule has 0 saturated heterocycles. The molecule has 1 unspecified atom stereocenters. The van der Waals surface area contributed by atoms with E-state index in [-0.39, 0.29) is 4.83 Å². The van der Waals surface area contributed by atoms with Crippen LogP contribution in [0.5, 0.6) is 0 Å². The average molecular weight is 346 g/mol. The molecule has 0 aromatic heterocycles. The molecule has 1 saturated carbocycles. The second kappa shape index (κ2) is 5.01. The minimum absolute atomic E-state index is 0.0140. The lowest BCUT2D eigenvalue weighted by atomic mass is 10.0. The van der Waals surface area contributed by atoms with Crippen molar-refractivity contribution in [3.05, 3.63) is 33.8 Å². The molecule has 1 fully saturated rings. The highest BCUT2D eigenvalue weighted by molar-refractivity contribution is 9.10. The van der Waals surface area contributed by atoms with E-state index >= 15 is 0 Å². The van der Waals surface area contributed by atoms with Crippen LogP contribution in [-0.4, -0.2) is 10.6 Å². The molecule has 86 valence electrons. The van der Waals surface area contributed by atoms with E-state index in [0.717, 1.165) is 23.7 Å². The van der Waals surface area contributed by atoms with Gasteiger partial charge in [-0.25, -0.2) is 0 Å². The summed E-state index contributed by atoms with van der Waals surface area (Å²) in [5.41, 5.74) is 2.49. The van der Waals surface area contributed by atoms with Gasteiger partial charge in [0.05, 0.1) is 4.83 Å². The molecule has 0 spiro atoms. The number of carbonyl (C=O) groups excluding carboxylic acids is 1. The summed E-state index contributed by atoms with van der Waals surface area (Å²) in [5, 5.41) is 0. The van der Waals surface area contributed by atoms with E-state index in [1.54, 1.807) is 0 Å². The van der Waals surface area contributed by atoms with E-state index in [1.165, 1.54) is 11.1 Å². The predicted molar refractivity (Wildman–Crippen MR) is 73.0 cm³/mol. The molecule has 1 nitrogen and oxygen atoms in total. The monoisotopic (exact) mass is 344 g/mol.